The summed E-state index contributed by atoms with van der Waals surface area (Å²) in [6, 6.07) is 5.38. The Morgan fingerprint density at radius 3 is 2.59 bits per heavy atom. The highest BCUT2D eigenvalue weighted by Crippen LogP contribution is 2.17. The molecule has 0 atom stereocenters. The lowest BCUT2D eigenvalue weighted by Gasteiger charge is -2.19. The number of halogens is 1. The van der Waals surface area contributed by atoms with Gasteiger partial charge in [0.2, 0.25) is 0 Å². The SMILES string of the molecule is CCN(CC(=O)O)C(=O)c1cc(Br)ccc1C. The molecule has 92 valence electrons. The minimum Gasteiger partial charge on any atom is -0.480 e. The van der Waals surface area contributed by atoms with Gasteiger partial charge in [0.05, 0.1) is 0 Å². The Hall–Kier alpha value is -1.36. The first-order valence-electron chi connectivity index (χ1n) is 5.23. The van der Waals surface area contributed by atoms with Gasteiger partial charge in [-0.1, -0.05) is 22.0 Å². The number of rotatable bonds is 4. The van der Waals surface area contributed by atoms with Crippen LogP contribution in [0.2, 0.25) is 0 Å². The van der Waals surface area contributed by atoms with Crippen LogP contribution >= 0.6 is 15.9 Å². The molecule has 17 heavy (non-hydrogen) atoms. The van der Waals surface area contributed by atoms with Crippen LogP contribution in [0.3, 0.4) is 0 Å². The van der Waals surface area contributed by atoms with Crippen LogP contribution in [0, 0.1) is 6.92 Å². The van der Waals surface area contributed by atoms with E-state index in [0.29, 0.717) is 12.1 Å². The van der Waals surface area contributed by atoms with Gasteiger partial charge in [-0.15, -0.1) is 0 Å². The molecule has 0 radical (unpaired) electrons. The first-order chi connectivity index (χ1) is 7.95. The van der Waals surface area contributed by atoms with Gasteiger partial charge in [-0.05, 0) is 31.5 Å². The Kier molecular flexibility index (Phi) is 4.69. The molecule has 1 aromatic carbocycles. The molecule has 0 fully saturated rings. The zero-order chi connectivity index (χ0) is 13.0. The maximum absolute atomic E-state index is 12.1. The molecule has 0 aliphatic rings. The number of hydrogen-bond acceptors (Lipinski definition) is 2. The summed E-state index contributed by atoms with van der Waals surface area (Å²) in [4.78, 5) is 24.1. The molecule has 0 spiro atoms. The first-order valence-corrected chi connectivity index (χ1v) is 6.02. The lowest BCUT2D eigenvalue weighted by molar-refractivity contribution is -0.137. The third kappa shape index (κ3) is 3.56. The van der Waals surface area contributed by atoms with Crippen LogP contribution in [0.15, 0.2) is 22.7 Å². The Labute approximate surface area is 108 Å². The zero-order valence-electron chi connectivity index (χ0n) is 9.74. The van der Waals surface area contributed by atoms with Gasteiger partial charge in [0.1, 0.15) is 6.54 Å². The van der Waals surface area contributed by atoms with Crippen LogP contribution in [0.5, 0.6) is 0 Å². The number of carboxylic acid groups (broad SMARTS) is 1. The van der Waals surface area contributed by atoms with Crippen molar-refractivity contribution in [2.45, 2.75) is 13.8 Å². The molecule has 0 aliphatic carbocycles. The highest BCUT2D eigenvalue weighted by Gasteiger charge is 2.18. The smallest absolute Gasteiger partial charge is 0.323 e. The summed E-state index contributed by atoms with van der Waals surface area (Å²) in [5.74, 6) is -1.26. The molecule has 0 saturated heterocycles. The Morgan fingerprint density at radius 2 is 2.06 bits per heavy atom. The highest BCUT2D eigenvalue weighted by atomic mass is 79.9. The predicted octanol–water partition coefficient (Wildman–Crippen LogP) is 2.30. The van der Waals surface area contributed by atoms with Crippen LogP contribution in [0.25, 0.3) is 0 Å². The van der Waals surface area contributed by atoms with Crippen molar-refractivity contribution in [3.8, 4) is 0 Å². The molecule has 0 bridgehead atoms. The van der Waals surface area contributed by atoms with E-state index >= 15 is 0 Å². The normalized spacial score (nSPS) is 10.1. The monoisotopic (exact) mass is 299 g/mol. The summed E-state index contributed by atoms with van der Waals surface area (Å²) in [5.41, 5.74) is 1.37. The van der Waals surface area contributed by atoms with Gasteiger partial charge in [0.25, 0.3) is 5.91 Å². The molecule has 0 unspecified atom stereocenters. The summed E-state index contributed by atoms with van der Waals surface area (Å²) in [5, 5.41) is 8.73. The van der Waals surface area contributed by atoms with Gasteiger partial charge in [-0.2, -0.15) is 0 Å². The van der Waals surface area contributed by atoms with Gasteiger partial charge in [0.15, 0.2) is 0 Å². The van der Waals surface area contributed by atoms with Crippen LogP contribution in [0.1, 0.15) is 22.8 Å². The Morgan fingerprint density at radius 1 is 1.41 bits per heavy atom. The van der Waals surface area contributed by atoms with Crippen LogP contribution in [-0.4, -0.2) is 35.0 Å². The molecular formula is C12H14BrNO3. The number of benzene rings is 1. The fraction of sp³-hybridized carbons (Fsp3) is 0.333. The molecule has 5 heteroatoms. The molecule has 1 aromatic rings. The summed E-state index contributed by atoms with van der Waals surface area (Å²) in [6.45, 7) is 3.68. The Bertz CT molecular complexity index is 445. The molecule has 1 rings (SSSR count). The third-order valence-electron chi connectivity index (χ3n) is 2.43. The zero-order valence-corrected chi connectivity index (χ0v) is 11.3. The van der Waals surface area contributed by atoms with Gasteiger partial charge in [-0.25, -0.2) is 0 Å². The fourth-order valence-electron chi connectivity index (χ4n) is 1.49. The number of amides is 1. The number of likely N-dealkylation sites (N-methyl/N-ethyl adjacent to an activating group) is 1. The van der Waals surface area contributed by atoms with Gasteiger partial charge in [0, 0.05) is 16.6 Å². The fourth-order valence-corrected chi connectivity index (χ4v) is 1.85. The summed E-state index contributed by atoms with van der Waals surface area (Å²) < 4.78 is 0.804. The molecule has 0 saturated carbocycles. The van der Waals surface area contributed by atoms with E-state index in [9.17, 15) is 9.59 Å². The van der Waals surface area contributed by atoms with E-state index < -0.39 is 5.97 Å². The minimum atomic E-state index is -1.01. The molecular weight excluding hydrogens is 286 g/mol. The van der Waals surface area contributed by atoms with Crippen LogP contribution < -0.4 is 0 Å². The topological polar surface area (TPSA) is 57.6 Å². The lowest BCUT2D eigenvalue weighted by atomic mass is 10.1. The van der Waals surface area contributed by atoms with Crippen molar-refractivity contribution in [2.75, 3.05) is 13.1 Å². The average molecular weight is 300 g/mol. The Balaban J connectivity index is 3.01. The maximum Gasteiger partial charge on any atom is 0.323 e. The minimum absolute atomic E-state index is 0.256. The largest absolute Gasteiger partial charge is 0.480 e. The van der Waals surface area contributed by atoms with Crippen LogP contribution in [0.4, 0.5) is 0 Å². The maximum atomic E-state index is 12.1. The number of aliphatic carboxylic acids is 1. The first kappa shape index (κ1) is 13.7. The lowest BCUT2D eigenvalue weighted by Crippen LogP contribution is -2.35. The van der Waals surface area contributed by atoms with E-state index in [-0.39, 0.29) is 12.5 Å². The molecule has 1 amide bonds. The summed E-state index contributed by atoms with van der Waals surface area (Å²) >= 11 is 3.30. The number of carbonyl (C=O) groups excluding carboxylic acids is 1. The second-order valence-corrected chi connectivity index (χ2v) is 4.59. The quantitative estimate of drug-likeness (QED) is 0.928. The predicted molar refractivity (Wildman–Crippen MR) is 68.1 cm³/mol. The molecule has 4 nitrogen and oxygen atoms in total. The number of nitrogens with zero attached hydrogens (tertiary/aromatic N) is 1. The van der Waals surface area contributed by atoms with Gasteiger partial charge < -0.3 is 10.0 Å². The number of aryl methyl sites for hydroxylation is 1. The van der Waals surface area contributed by atoms with E-state index in [1.54, 1.807) is 13.0 Å². The van der Waals surface area contributed by atoms with Crippen LogP contribution in [-0.2, 0) is 4.79 Å². The standard InChI is InChI=1S/C12H14BrNO3/c1-3-14(7-11(15)16)12(17)10-6-9(13)5-4-8(10)2/h4-6H,3,7H2,1-2H3,(H,15,16). The third-order valence-corrected chi connectivity index (χ3v) is 2.92. The van der Waals surface area contributed by atoms with Crippen molar-refractivity contribution >= 4 is 27.8 Å². The van der Waals surface area contributed by atoms with Gasteiger partial charge in [-0.3, -0.25) is 9.59 Å². The van der Waals surface area contributed by atoms with E-state index in [1.165, 1.54) is 4.90 Å². The average Bonchev–Trinajstić information content (AvgIpc) is 2.28. The van der Waals surface area contributed by atoms with E-state index in [1.807, 2.05) is 19.1 Å². The number of carboxylic acids is 1. The van der Waals surface area contributed by atoms with Crippen molar-refractivity contribution in [3.63, 3.8) is 0 Å². The molecule has 0 aliphatic heterocycles. The number of carbonyl (C=O) groups is 2. The van der Waals surface area contributed by atoms with E-state index in [0.717, 1.165) is 10.0 Å². The summed E-state index contributed by atoms with van der Waals surface area (Å²) in [7, 11) is 0. The van der Waals surface area contributed by atoms with Crippen molar-refractivity contribution in [3.05, 3.63) is 33.8 Å². The van der Waals surface area contributed by atoms with Crippen molar-refractivity contribution in [1.82, 2.24) is 4.90 Å². The molecule has 0 aromatic heterocycles. The number of hydrogen-bond donors (Lipinski definition) is 1. The summed E-state index contributed by atoms with van der Waals surface area (Å²) in [6.07, 6.45) is 0. The van der Waals surface area contributed by atoms with Gasteiger partial charge >= 0.3 is 5.97 Å². The molecule has 0 heterocycles. The molecule has 1 N–H and O–H groups in total. The van der Waals surface area contributed by atoms with Crippen molar-refractivity contribution < 1.29 is 14.7 Å². The van der Waals surface area contributed by atoms with Crippen molar-refractivity contribution in [1.29, 1.82) is 0 Å². The second kappa shape index (κ2) is 5.82. The van der Waals surface area contributed by atoms with E-state index in [2.05, 4.69) is 15.9 Å². The highest BCUT2D eigenvalue weighted by molar-refractivity contribution is 9.10. The van der Waals surface area contributed by atoms with E-state index in [4.69, 9.17) is 5.11 Å². The second-order valence-electron chi connectivity index (χ2n) is 3.67. The van der Waals surface area contributed by atoms with Crippen molar-refractivity contribution in [2.24, 2.45) is 0 Å².